The van der Waals surface area contributed by atoms with Crippen molar-refractivity contribution in [1.82, 2.24) is 0 Å². The van der Waals surface area contributed by atoms with E-state index in [9.17, 15) is 15.3 Å². The van der Waals surface area contributed by atoms with Crippen molar-refractivity contribution < 1.29 is 15.3 Å². The van der Waals surface area contributed by atoms with E-state index in [-0.39, 0.29) is 5.41 Å². The molecule has 0 bridgehead atoms. The van der Waals surface area contributed by atoms with E-state index >= 15 is 0 Å². The predicted molar refractivity (Wildman–Crippen MR) is 133 cm³/mol. The third-order valence-electron chi connectivity index (χ3n) is 8.60. The molecule has 0 aliphatic heterocycles. The third kappa shape index (κ3) is 5.21. The van der Waals surface area contributed by atoms with Gasteiger partial charge < -0.3 is 15.3 Å². The fourth-order valence-electron chi connectivity index (χ4n) is 6.16. The lowest BCUT2D eigenvalue weighted by atomic mass is 9.62. The Hall–Kier alpha value is -1.42. The Morgan fingerprint density at radius 1 is 1.25 bits per heavy atom. The van der Waals surface area contributed by atoms with Gasteiger partial charge in [0.25, 0.3) is 0 Å². The number of rotatable bonds is 7. The summed E-state index contributed by atoms with van der Waals surface area (Å²) in [5.74, 6) is 0.901. The van der Waals surface area contributed by atoms with Gasteiger partial charge in [0.05, 0.1) is 17.8 Å². The summed E-state index contributed by atoms with van der Waals surface area (Å²) in [4.78, 5) is 0. The van der Waals surface area contributed by atoms with Crippen LogP contribution in [0.25, 0.3) is 0 Å². The molecule has 0 amide bonds. The molecule has 3 nitrogen and oxygen atoms in total. The fourth-order valence-corrected chi connectivity index (χ4v) is 6.16. The van der Waals surface area contributed by atoms with Crippen molar-refractivity contribution in [3.8, 4) is 0 Å². The summed E-state index contributed by atoms with van der Waals surface area (Å²) in [6.45, 7) is 12.9. The molecule has 3 heteroatoms. The molecule has 0 aromatic rings. The normalized spacial score (nSPS) is 34.9. The van der Waals surface area contributed by atoms with Crippen LogP contribution in [-0.4, -0.2) is 33.1 Å². The van der Waals surface area contributed by atoms with E-state index in [4.69, 9.17) is 0 Å². The molecule has 3 N–H and O–H groups in total. The van der Waals surface area contributed by atoms with Gasteiger partial charge in [-0.1, -0.05) is 75.8 Å². The molecule has 2 saturated carbocycles. The quantitative estimate of drug-likeness (QED) is 0.414. The van der Waals surface area contributed by atoms with E-state index in [1.807, 2.05) is 0 Å². The molecule has 2 fully saturated rings. The molecule has 178 valence electrons. The van der Waals surface area contributed by atoms with Gasteiger partial charge in [-0.3, -0.25) is 0 Å². The lowest BCUT2D eigenvalue weighted by Crippen LogP contribution is -2.32. The summed E-state index contributed by atoms with van der Waals surface area (Å²) in [6.07, 6.45) is 18.1. The van der Waals surface area contributed by atoms with E-state index in [0.717, 1.165) is 43.3 Å². The molecule has 5 atom stereocenters. The molecule has 32 heavy (non-hydrogen) atoms. The summed E-state index contributed by atoms with van der Waals surface area (Å²) in [5.41, 5.74) is 4.38. The second-order valence-electron chi connectivity index (χ2n) is 10.6. The maximum absolute atomic E-state index is 10.6. The third-order valence-corrected chi connectivity index (χ3v) is 8.60. The Balaban J connectivity index is 1.73. The van der Waals surface area contributed by atoms with Gasteiger partial charge in [0.2, 0.25) is 0 Å². The fraction of sp³-hybridized carbons (Fsp3) is 0.655. The van der Waals surface area contributed by atoms with Crippen LogP contribution in [0.2, 0.25) is 0 Å². The topological polar surface area (TPSA) is 60.7 Å². The van der Waals surface area contributed by atoms with E-state index in [1.165, 1.54) is 18.4 Å². The van der Waals surface area contributed by atoms with Crippen molar-refractivity contribution in [3.05, 3.63) is 59.3 Å². The Morgan fingerprint density at radius 3 is 2.66 bits per heavy atom. The molecule has 0 heterocycles. The number of hydrogen-bond acceptors (Lipinski definition) is 3. The summed E-state index contributed by atoms with van der Waals surface area (Å²) in [5, 5.41) is 30.8. The minimum Gasteiger partial charge on any atom is -0.393 e. The molecule has 3 aliphatic rings. The summed E-state index contributed by atoms with van der Waals surface area (Å²) in [7, 11) is 0. The highest BCUT2D eigenvalue weighted by atomic mass is 16.3. The van der Waals surface area contributed by atoms with Gasteiger partial charge in [0, 0.05) is 6.42 Å². The number of aliphatic hydroxyl groups excluding tert-OH is 2. The number of hydrogen-bond donors (Lipinski definition) is 3. The van der Waals surface area contributed by atoms with Gasteiger partial charge in [0.15, 0.2) is 0 Å². The average molecular weight is 441 g/mol. The van der Waals surface area contributed by atoms with Crippen LogP contribution in [0.3, 0.4) is 0 Å². The van der Waals surface area contributed by atoms with Crippen LogP contribution in [0.15, 0.2) is 59.3 Å². The van der Waals surface area contributed by atoms with Crippen molar-refractivity contribution >= 4 is 0 Å². The first-order chi connectivity index (χ1) is 15.1. The van der Waals surface area contributed by atoms with Crippen LogP contribution in [0.5, 0.6) is 0 Å². The van der Waals surface area contributed by atoms with E-state index in [2.05, 4.69) is 64.7 Å². The summed E-state index contributed by atoms with van der Waals surface area (Å²) in [6, 6.07) is 0. The lowest BCUT2D eigenvalue weighted by Gasteiger charge is -2.42. The summed E-state index contributed by atoms with van der Waals surface area (Å²) >= 11 is 0. The lowest BCUT2D eigenvalue weighted by molar-refractivity contribution is 0.0352. The first kappa shape index (κ1) is 25.2. The largest absolute Gasteiger partial charge is 0.393 e. The molecule has 0 saturated heterocycles. The van der Waals surface area contributed by atoms with Gasteiger partial charge >= 0.3 is 0 Å². The van der Waals surface area contributed by atoms with Crippen molar-refractivity contribution in [3.63, 3.8) is 0 Å². The van der Waals surface area contributed by atoms with E-state index < -0.39 is 17.8 Å². The molecule has 0 spiro atoms. The van der Waals surface area contributed by atoms with E-state index in [0.29, 0.717) is 24.7 Å². The van der Waals surface area contributed by atoms with Crippen LogP contribution < -0.4 is 0 Å². The van der Waals surface area contributed by atoms with Gasteiger partial charge in [-0.05, 0) is 79.8 Å². The highest BCUT2D eigenvalue weighted by Gasteiger charge is 2.45. The Labute approximate surface area is 195 Å². The van der Waals surface area contributed by atoms with Crippen LogP contribution >= 0.6 is 0 Å². The van der Waals surface area contributed by atoms with Crippen molar-refractivity contribution in [2.75, 3.05) is 0 Å². The standard InChI is InChI=1S/C29H44O3/c1-6-29(32,7-2)17-8-10-20(3)25-14-15-26-22(11-9-16-28(25,26)5)12-13-23-18-24(30)19-27(31)21(23)4/h8,10,12-14,20,24,26-27,30-32H,4,6-7,9,11,15-19H2,1-3,5H3/b10-8+,22-12+,23-13-. The zero-order valence-corrected chi connectivity index (χ0v) is 20.6. The smallest absolute Gasteiger partial charge is 0.0811 e. The second kappa shape index (κ2) is 10.2. The first-order valence-corrected chi connectivity index (χ1v) is 12.7. The van der Waals surface area contributed by atoms with Crippen molar-refractivity contribution in [1.29, 1.82) is 0 Å². The van der Waals surface area contributed by atoms with Crippen molar-refractivity contribution in [2.24, 2.45) is 17.3 Å². The molecule has 3 aliphatic carbocycles. The van der Waals surface area contributed by atoms with Gasteiger partial charge in [-0.15, -0.1) is 0 Å². The molecule has 5 unspecified atom stereocenters. The molecule has 0 aromatic heterocycles. The Kier molecular flexibility index (Phi) is 8.06. The highest BCUT2D eigenvalue weighted by molar-refractivity contribution is 5.40. The summed E-state index contributed by atoms with van der Waals surface area (Å²) < 4.78 is 0. The van der Waals surface area contributed by atoms with Crippen LogP contribution in [0.1, 0.15) is 85.5 Å². The minimum atomic E-state index is -0.634. The second-order valence-corrected chi connectivity index (χ2v) is 10.6. The van der Waals surface area contributed by atoms with Gasteiger partial charge in [-0.2, -0.15) is 0 Å². The van der Waals surface area contributed by atoms with Crippen LogP contribution in [0, 0.1) is 17.3 Å². The predicted octanol–water partition coefficient (Wildman–Crippen LogP) is 6.18. The highest BCUT2D eigenvalue weighted by Crippen LogP contribution is 2.56. The molecular formula is C29H44O3. The maximum atomic E-state index is 10.6. The molecular weight excluding hydrogens is 396 g/mol. The monoisotopic (exact) mass is 440 g/mol. The Morgan fingerprint density at radius 2 is 1.97 bits per heavy atom. The number of allylic oxidation sites excluding steroid dienone is 6. The number of fused-ring (bicyclic) bond motifs is 1. The molecule has 3 rings (SSSR count). The minimum absolute atomic E-state index is 0.181. The average Bonchev–Trinajstić information content (AvgIpc) is 3.12. The molecule has 0 aromatic carbocycles. The van der Waals surface area contributed by atoms with Crippen LogP contribution in [0.4, 0.5) is 0 Å². The van der Waals surface area contributed by atoms with Crippen LogP contribution in [-0.2, 0) is 0 Å². The van der Waals surface area contributed by atoms with Crippen molar-refractivity contribution in [2.45, 2.75) is 103 Å². The maximum Gasteiger partial charge on any atom is 0.0811 e. The van der Waals surface area contributed by atoms with E-state index in [1.54, 1.807) is 5.57 Å². The van der Waals surface area contributed by atoms with Gasteiger partial charge in [0.1, 0.15) is 0 Å². The zero-order valence-electron chi connectivity index (χ0n) is 20.6. The first-order valence-electron chi connectivity index (χ1n) is 12.7. The molecule has 0 radical (unpaired) electrons. The number of aliphatic hydroxyl groups is 3. The zero-order chi connectivity index (χ0) is 23.5. The Bertz CT molecular complexity index is 810. The SMILES string of the molecule is C=C1/C(=C\C=C2/CCCC3(C)C(C(C)/C=C/CC(O)(CC)CC)=CCC23)CC(O)CC1O. The van der Waals surface area contributed by atoms with Gasteiger partial charge in [-0.25, -0.2) is 0 Å².